The van der Waals surface area contributed by atoms with Gasteiger partial charge in [-0.3, -0.25) is 4.79 Å². The van der Waals surface area contributed by atoms with Gasteiger partial charge in [-0.05, 0) is 6.42 Å². The quantitative estimate of drug-likeness (QED) is 0.271. The van der Waals surface area contributed by atoms with E-state index >= 15 is 0 Å². The van der Waals surface area contributed by atoms with Crippen LogP contribution >= 0.6 is 0 Å². The molecule has 0 heterocycles. The molecule has 0 bridgehead atoms. The number of hydrogen-bond acceptors (Lipinski definition) is 3. The molecule has 0 spiro atoms. The molecule has 22 heavy (non-hydrogen) atoms. The van der Waals surface area contributed by atoms with E-state index in [2.05, 4.69) is 6.92 Å². The molecule has 0 saturated carbocycles. The molecule has 1 N–H and O–H groups in total. The van der Waals surface area contributed by atoms with E-state index < -0.39 is 17.9 Å². The topological polar surface area (TPSA) is 77.4 Å². The summed E-state index contributed by atoms with van der Waals surface area (Å²) in [7, 11) is 0. The number of aliphatic carboxylic acids is 2. The number of carbonyl (C=O) groups excluding carboxylic acids is 1. The zero-order valence-electron chi connectivity index (χ0n) is 14.4. The van der Waals surface area contributed by atoms with Crippen LogP contribution in [0.25, 0.3) is 0 Å². The molecule has 0 aliphatic heterocycles. The molecule has 124 valence electrons. The van der Waals surface area contributed by atoms with Gasteiger partial charge in [0.15, 0.2) is 0 Å². The SMILES string of the molecule is CCCCCCCCCCCCCCC(C(=O)[O-])C(=O)O.[Na+]. The summed E-state index contributed by atoms with van der Waals surface area (Å²) in [4.78, 5) is 21.2. The number of rotatable bonds is 15. The molecule has 0 aromatic heterocycles. The van der Waals surface area contributed by atoms with E-state index in [0.29, 0.717) is 6.42 Å². The Morgan fingerprint density at radius 1 is 0.818 bits per heavy atom. The third kappa shape index (κ3) is 14.9. The third-order valence-electron chi connectivity index (χ3n) is 3.93. The van der Waals surface area contributed by atoms with Crippen LogP contribution in [-0.2, 0) is 9.59 Å². The van der Waals surface area contributed by atoms with Crippen LogP contribution < -0.4 is 34.7 Å². The van der Waals surface area contributed by atoms with Gasteiger partial charge in [-0.1, -0.05) is 84.0 Å². The van der Waals surface area contributed by atoms with Gasteiger partial charge in [0.1, 0.15) is 0 Å². The van der Waals surface area contributed by atoms with Crippen LogP contribution in [0.4, 0.5) is 0 Å². The van der Waals surface area contributed by atoms with Gasteiger partial charge in [-0.15, -0.1) is 0 Å². The van der Waals surface area contributed by atoms with Gasteiger partial charge in [0.05, 0.1) is 11.9 Å². The Morgan fingerprint density at radius 2 is 1.18 bits per heavy atom. The molecule has 0 fully saturated rings. The van der Waals surface area contributed by atoms with Crippen LogP contribution in [0.5, 0.6) is 0 Å². The first-order chi connectivity index (χ1) is 10.1. The maximum absolute atomic E-state index is 10.7. The average Bonchev–Trinajstić information content (AvgIpc) is 2.43. The van der Waals surface area contributed by atoms with E-state index in [1.165, 1.54) is 51.4 Å². The number of carbonyl (C=O) groups is 2. The fourth-order valence-corrected chi connectivity index (χ4v) is 2.53. The van der Waals surface area contributed by atoms with Crippen molar-refractivity contribution in [2.24, 2.45) is 5.92 Å². The number of carboxylic acid groups (broad SMARTS) is 2. The molecule has 0 amide bonds. The van der Waals surface area contributed by atoms with Gasteiger partial charge in [0.2, 0.25) is 0 Å². The van der Waals surface area contributed by atoms with Crippen LogP contribution in [0.2, 0.25) is 0 Å². The van der Waals surface area contributed by atoms with Gasteiger partial charge in [0.25, 0.3) is 0 Å². The van der Waals surface area contributed by atoms with Gasteiger partial charge in [-0.25, -0.2) is 0 Å². The second kappa shape index (κ2) is 17.3. The fraction of sp³-hybridized carbons (Fsp3) is 0.882. The van der Waals surface area contributed by atoms with Crippen molar-refractivity contribution >= 4 is 11.9 Å². The van der Waals surface area contributed by atoms with Crippen molar-refractivity contribution in [3.8, 4) is 0 Å². The minimum Gasteiger partial charge on any atom is -0.549 e. The zero-order valence-corrected chi connectivity index (χ0v) is 16.4. The summed E-state index contributed by atoms with van der Waals surface area (Å²) in [6, 6.07) is 0. The van der Waals surface area contributed by atoms with Crippen molar-refractivity contribution in [2.75, 3.05) is 0 Å². The van der Waals surface area contributed by atoms with Gasteiger partial charge in [-0.2, -0.15) is 0 Å². The first-order valence-electron chi connectivity index (χ1n) is 8.53. The Labute approximate surface area is 157 Å². The summed E-state index contributed by atoms with van der Waals surface area (Å²) in [5.41, 5.74) is 0. The van der Waals surface area contributed by atoms with Crippen LogP contribution in [-0.4, -0.2) is 17.0 Å². The van der Waals surface area contributed by atoms with E-state index in [0.717, 1.165) is 19.3 Å². The molecule has 5 heteroatoms. The van der Waals surface area contributed by atoms with Gasteiger partial charge >= 0.3 is 35.5 Å². The Morgan fingerprint density at radius 3 is 1.50 bits per heavy atom. The molecule has 0 aromatic rings. The van der Waals surface area contributed by atoms with E-state index in [4.69, 9.17) is 5.11 Å². The normalized spacial score (nSPS) is 11.7. The monoisotopic (exact) mass is 322 g/mol. The van der Waals surface area contributed by atoms with Crippen LogP contribution in [0.3, 0.4) is 0 Å². The van der Waals surface area contributed by atoms with Crippen LogP contribution in [0, 0.1) is 5.92 Å². The second-order valence-electron chi connectivity index (χ2n) is 5.89. The second-order valence-corrected chi connectivity index (χ2v) is 5.89. The van der Waals surface area contributed by atoms with Crippen LogP contribution in [0.1, 0.15) is 90.4 Å². The Balaban J connectivity index is 0. The molecule has 0 saturated heterocycles. The van der Waals surface area contributed by atoms with Crippen LogP contribution in [0.15, 0.2) is 0 Å². The summed E-state index contributed by atoms with van der Waals surface area (Å²) in [5, 5.41) is 19.3. The van der Waals surface area contributed by atoms with E-state index in [1.807, 2.05) is 0 Å². The van der Waals surface area contributed by atoms with Crippen molar-refractivity contribution in [1.29, 1.82) is 0 Å². The summed E-state index contributed by atoms with van der Waals surface area (Å²) >= 11 is 0. The largest absolute Gasteiger partial charge is 1.00 e. The predicted octanol–water partition coefficient (Wildman–Crippen LogP) is 0.532. The van der Waals surface area contributed by atoms with Gasteiger partial charge < -0.3 is 15.0 Å². The molecule has 4 nitrogen and oxygen atoms in total. The maximum atomic E-state index is 10.7. The first kappa shape index (κ1) is 24.2. The van der Waals surface area contributed by atoms with Gasteiger partial charge in [0, 0.05) is 0 Å². The minimum atomic E-state index is -1.47. The number of unbranched alkanes of at least 4 members (excludes halogenated alkanes) is 11. The minimum absolute atomic E-state index is 0. The summed E-state index contributed by atoms with van der Waals surface area (Å²) in [6.45, 7) is 2.23. The first-order valence-corrected chi connectivity index (χ1v) is 8.53. The van der Waals surface area contributed by atoms with E-state index in [-0.39, 0.29) is 36.0 Å². The van der Waals surface area contributed by atoms with Crippen molar-refractivity contribution in [1.82, 2.24) is 0 Å². The number of carboxylic acids is 2. The molecule has 1 atom stereocenters. The van der Waals surface area contributed by atoms with Crippen molar-refractivity contribution in [3.63, 3.8) is 0 Å². The molecule has 0 rings (SSSR count). The molecular weight excluding hydrogens is 291 g/mol. The molecular formula is C17H31NaO4. The fourth-order valence-electron chi connectivity index (χ4n) is 2.53. The number of hydrogen-bond donors (Lipinski definition) is 1. The third-order valence-corrected chi connectivity index (χ3v) is 3.93. The molecule has 0 aromatic carbocycles. The summed E-state index contributed by atoms with van der Waals surface area (Å²) in [5.74, 6) is -4.09. The smallest absolute Gasteiger partial charge is 0.549 e. The molecule has 0 radical (unpaired) electrons. The molecule has 0 aliphatic carbocycles. The Bertz CT molecular complexity index is 268. The standard InChI is InChI=1S/C17H32O4.Na/c1-2-3-4-5-6-7-8-9-10-11-12-13-14-15(16(18)19)17(20)21;/h15H,2-14H2,1H3,(H,18,19)(H,20,21);/q;+1/p-1. The van der Waals surface area contributed by atoms with Crippen molar-refractivity contribution in [3.05, 3.63) is 0 Å². The van der Waals surface area contributed by atoms with E-state index in [9.17, 15) is 14.7 Å². The Hall–Kier alpha value is -0.0600. The average molecular weight is 322 g/mol. The molecule has 1 unspecified atom stereocenters. The van der Waals surface area contributed by atoms with Crippen molar-refractivity contribution < 1.29 is 49.4 Å². The summed E-state index contributed by atoms with van der Waals surface area (Å²) < 4.78 is 0. The van der Waals surface area contributed by atoms with E-state index in [1.54, 1.807) is 0 Å². The molecule has 0 aliphatic rings. The Kier molecular flexibility index (Phi) is 19.0. The maximum Gasteiger partial charge on any atom is 1.00 e. The van der Waals surface area contributed by atoms with Crippen molar-refractivity contribution in [2.45, 2.75) is 90.4 Å². The predicted molar refractivity (Wildman–Crippen MR) is 81.8 cm³/mol. The zero-order chi connectivity index (χ0) is 15.9. The summed E-state index contributed by atoms with van der Waals surface area (Å²) in [6.07, 6.45) is 14.5.